The van der Waals surface area contributed by atoms with E-state index in [1.165, 1.54) is 22.3 Å². The molecule has 5 nitrogen and oxygen atoms in total. The number of nitrogens with one attached hydrogen (secondary N) is 1. The summed E-state index contributed by atoms with van der Waals surface area (Å²) < 4.78 is 12.0. The highest BCUT2D eigenvalue weighted by molar-refractivity contribution is 5.87. The van der Waals surface area contributed by atoms with Gasteiger partial charge in [0.1, 0.15) is 18.8 Å². The summed E-state index contributed by atoms with van der Waals surface area (Å²) in [5, 5.41) is 3.01. The van der Waals surface area contributed by atoms with Crippen LogP contribution in [0.15, 0.2) is 83.9 Å². The van der Waals surface area contributed by atoms with E-state index in [9.17, 15) is 4.79 Å². The van der Waals surface area contributed by atoms with Crippen LogP contribution >= 0.6 is 0 Å². The van der Waals surface area contributed by atoms with E-state index < -0.39 is 6.09 Å². The first-order valence-electron chi connectivity index (χ1n) is 11.9. The number of ether oxygens (including phenoxy) is 2. The summed E-state index contributed by atoms with van der Waals surface area (Å²) in [6.45, 7) is 6.40. The maximum Gasteiger partial charge on any atom is 0.407 e. The van der Waals surface area contributed by atoms with E-state index in [-0.39, 0.29) is 36.6 Å². The number of amides is 1. The van der Waals surface area contributed by atoms with Gasteiger partial charge in [0.2, 0.25) is 5.90 Å². The Morgan fingerprint density at radius 3 is 2.15 bits per heavy atom. The molecule has 174 valence electrons. The van der Waals surface area contributed by atoms with Crippen molar-refractivity contribution in [1.82, 2.24) is 5.32 Å². The molecule has 34 heavy (non-hydrogen) atoms. The number of rotatable bonds is 6. The van der Waals surface area contributed by atoms with Crippen LogP contribution in [0.4, 0.5) is 4.79 Å². The Morgan fingerprint density at radius 1 is 0.941 bits per heavy atom. The van der Waals surface area contributed by atoms with Gasteiger partial charge in [-0.15, -0.1) is 0 Å². The minimum Gasteiger partial charge on any atom is -0.469 e. The molecule has 3 aromatic carbocycles. The number of carbonyl (C=O) groups is 1. The fourth-order valence-electron chi connectivity index (χ4n) is 4.95. The fraction of sp³-hybridized carbons (Fsp3) is 0.310. The molecule has 0 aromatic heterocycles. The number of benzene rings is 3. The van der Waals surface area contributed by atoms with Gasteiger partial charge >= 0.3 is 6.09 Å². The molecule has 0 radical (unpaired) electrons. The van der Waals surface area contributed by atoms with E-state index >= 15 is 0 Å². The highest BCUT2D eigenvalue weighted by Crippen LogP contribution is 2.44. The lowest BCUT2D eigenvalue weighted by molar-refractivity contribution is 0.135. The topological polar surface area (TPSA) is 59.9 Å². The van der Waals surface area contributed by atoms with E-state index in [2.05, 4.69) is 29.6 Å². The largest absolute Gasteiger partial charge is 0.469 e. The lowest BCUT2D eigenvalue weighted by atomic mass is 9.98. The molecule has 1 heterocycles. The minimum absolute atomic E-state index is 0.0250. The van der Waals surface area contributed by atoms with Crippen LogP contribution in [0.2, 0.25) is 0 Å². The van der Waals surface area contributed by atoms with Crippen molar-refractivity contribution in [3.05, 3.63) is 95.6 Å². The normalized spacial score (nSPS) is 19.7. The Bertz CT molecular complexity index is 1160. The van der Waals surface area contributed by atoms with Gasteiger partial charge in [-0.2, -0.15) is 0 Å². The molecule has 5 rings (SSSR count). The van der Waals surface area contributed by atoms with Crippen LogP contribution in [0.3, 0.4) is 0 Å². The maximum atomic E-state index is 12.9. The van der Waals surface area contributed by atoms with Crippen molar-refractivity contribution in [3.63, 3.8) is 0 Å². The third-order valence-electron chi connectivity index (χ3n) is 6.69. The Morgan fingerprint density at radius 2 is 1.53 bits per heavy atom. The minimum atomic E-state index is -0.456. The molecule has 0 saturated heterocycles. The molecule has 1 aliphatic carbocycles. The van der Waals surface area contributed by atoms with Crippen molar-refractivity contribution in [2.45, 2.75) is 44.9 Å². The summed E-state index contributed by atoms with van der Waals surface area (Å²) in [7, 11) is 0. The van der Waals surface area contributed by atoms with E-state index in [1.54, 1.807) is 0 Å². The van der Waals surface area contributed by atoms with Gasteiger partial charge in [0, 0.05) is 5.92 Å². The molecule has 1 N–H and O–H groups in total. The molecular weight excluding hydrogens is 424 g/mol. The molecule has 0 unspecified atom stereocenters. The Kier molecular flexibility index (Phi) is 6.10. The molecule has 2 aliphatic rings. The molecule has 0 spiro atoms. The molecule has 1 amide bonds. The van der Waals surface area contributed by atoms with Crippen molar-refractivity contribution in [2.24, 2.45) is 10.9 Å². The zero-order valence-corrected chi connectivity index (χ0v) is 19.8. The number of fused-ring (bicyclic) bond motifs is 3. The number of hydrogen-bond acceptors (Lipinski definition) is 4. The van der Waals surface area contributed by atoms with Gasteiger partial charge in [0.25, 0.3) is 0 Å². The van der Waals surface area contributed by atoms with Crippen molar-refractivity contribution >= 4 is 12.0 Å². The van der Waals surface area contributed by atoms with E-state index in [1.807, 2.05) is 75.4 Å². The predicted molar refractivity (Wildman–Crippen MR) is 134 cm³/mol. The second-order valence-corrected chi connectivity index (χ2v) is 9.35. The average Bonchev–Trinajstić information content (AvgIpc) is 3.39. The molecular formula is C29H30N2O3. The first-order chi connectivity index (χ1) is 16.5. The monoisotopic (exact) mass is 454 g/mol. The lowest BCUT2D eigenvalue weighted by Gasteiger charge is -2.23. The standard InChI is InChI=1S/C29H30N2O3/c1-18(2)26(28-30-19(3)27(34-28)20-11-5-4-6-12-20)31-29(32)33-17-25-23-15-9-7-13-21(23)22-14-8-10-16-24(22)25/h4-16,18-19,25-27H,17H2,1-3H3,(H,31,32)/t19-,26-,27+/m0/s1. The molecule has 3 aromatic rings. The van der Waals surface area contributed by atoms with Crippen molar-refractivity contribution in [3.8, 4) is 11.1 Å². The number of alkyl carbamates (subject to hydrolysis) is 1. The zero-order chi connectivity index (χ0) is 23.7. The fourth-order valence-corrected chi connectivity index (χ4v) is 4.95. The Balaban J connectivity index is 1.26. The van der Waals surface area contributed by atoms with Crippen molar-refractivity contribution < 1.29 is 14.3 Å². The van der Waals surface area contributed by atoms with Crippen molar-refractivity contribution in [2.75, 3.05) is 6.61 Å². The average molecular weight is 455 g/mol. The van der Waals surface area contributed by atoms with Gasteiger partial charge < -0.3 is 14.8 Å². The van der Waals surface area contributed by atoms with Crippen LogP contribution in [0, 0.1) is 5.92 Å². The summed E-state index contributed by atoms with van der Waals surface area (Å²) in [6, 6.07) is 26.3. The van der Waals surface area contributed by atoms with Gasteiger partial charge in [-0.05, 0) is 40.7 Å². The molecule has 0 saturated carbocycles. The maximum absolute atomic E-state index is 12.9. The molecule has 0 fully saturated rings. The van der Waals surface area contributed by atoms with Gasteiger partial charge in [-0.25, -0.2) is 9.79 Å². The first kappa shape index (κ1) is 22.2. The Hall–Kier alpha value is -3.60. The van der Waals surface area contributed by atoms with Crippen LogP contribution in [-0.2, 0) is 9.47 Å². The van der Waals surface area contributed by atoms with E-state index in [0.717, 1.165) is 5.56 Å². The molecule has 0 bridgehead atoms. The van der Waals surface area contributed by atoms with Crippen LogP contribution < -0.4 is 5.32 Å². The number of hydrogen-bond donors (Lipinski definition) is 1. The third kappa shape index (κ3) is 4.18. The van der Waals surface area contributed by atoms with Crippen molar-refractivity contribution in [1.29, 1.82) is 0 Å². The summed E-state index contributed by atoms with van der Waals surface area (Å²) in [5.41, 5.74) is 5.89. The smallest absolute Gasteiger partial charge is 0.407 e. The second-order valence-electron chi connectivity index (χ2n) is 9.35. The second kappa shape index (κ2) is 9.34. The molecule has 3 atom stereocenters. The molecule has 5 heteroatoms. The zero-order valence-electron chi connectivity index (χ0n) is 19.8. The van der Waals surface area contributed by atoms with Gasteiger partial charge in [-0.1, -0.05) is 92.7 Å². The number of carbonyl (C=O) groups excluding carboxylic acids is 1. The third-order valence-corrected chi connectivity index (χ3v) is 6.69. The van der Waals surface area contributed by atoms with E-state index in [0.29, 0.717) is 5.90 Å². The van der Waals surface area contributed by atoms with Crippen LogP contribution in [0.1, 0.15) is 49.5 Å². The highest BCUT2D eigenvalue weighted by Gasteiger charge is 2.36. The van der Waals surface area contributed by atoms with Gasteiger partial charge in [0.15, 0.2) is 0 Å². The van der Waals surface area contributed by atoms with Gasteiger partial charge in [-0.3, -0.25) is 0 Å². The van der Waals surface area contributed by atoms with E-state index in [4.69, 9.17) is 14.5 Å². The quantitative estimate of drug-likeness (QED) is 0.489. The predicted octanol–water partition coefficient (Wildman–Crippen LogP) is 6.11. The van der Waals surface area contributed by atoms with Crippen LogP contribution in [0.5, 0.6) is 0 Å². The number of nitrogens with zero attached hydrogens (tertiary/aromatic N) is 1. The summed E-state index contributed by atoms with van der Waals surface area (Å²) in [4.78, 5) is 17.6. The summed E-state index contributed by atoms with van der Waals surface area (Å²) in [6.07, 6.45) is -0.607. The first-order valence-corrected chi connectivity index (χ1v) is 11.9. The SMILES string of the molecule is CC(C)[C@H](NC(=O)OCC1c2ccccc2-c2ccccc21)C1=N[C@@H](C)[C@H](c2ccccc2)O1. The van der Waals surface area contributed by atoms with Crippen LogP contribution in [-0.4, -0.2) is 30.7 Å². The van der Waals surface area contributed by atoms with Crippen LogP contribution in [0.25, 0.3) is 11.1 Å². The number of aliphatic imine (C=N–C) groups is 1. The molecule has 1 aliphatic heterocycles. The summed E-state index contributed by atoms with van der Waals surface area (Å²) in [5.74, 6) is 0.684. The van der Waals surface area contributed by atoms with Gasteiger partial charge in [0.05, 0.1) is 6.04 Å². The lowest BCUT2D eigenvalue weighted by Crippen LogP contribution is -2.45. The summed E-state index contributed by atoms with van der Waals surface area (Å²) >= 11 is 0. The Labute approximate surface area is 200 Å². The highest BCUT2D eigenvalue weighted by atomic mass is 16.6.